The molecule has 0 aromatic heterocycles. The number of carbonyl (C=O) groups excluding carboxylic acids is 1. The van der Waals surface area contributed by atoms with Gasteiger partial charge in [-0.05, 0) is 43.5 Å². The van der Waals surface area contributed by atoms with Crippen LogP contribution in [0.5, 0.6) is 5.75 Å². The highest BCUT2D eigenvalue weighted by Gasteiger charge is 2.12. The minimum Gasteiger partial charge on any atom is -0.497 e. The van der Waals surface area contributed by atoms with E-state index in [1.165, 1.54) is 0 Å². The molecule has 18 heavy (non-hydrogen) atoms. The smallest absolute Gasteiger partial charge is 0.160 e. The van der Waals surface area contributed by atoms with Crippen molar-refractivity contribution in [1.82, 2.24) is 0 Å². The monoisotopic (exact) mass is 245 g/mol. The van der Waals surface area contributed by atoms with E-state index in [1.807, 2.05) is 30.5 Å². The summed E-state index contributed by atoms with van der Waals surface area (Å²) in [5, 5.41) is 3.19. The molecule has 0 spiro atoms. The Labute approximate surface area is 108 Å². The first-order valence-electron chi connectivity index (χ1n) is 6.42. The third-order valence-electron chi connectivity index (χ3n) is 3.21. The van der Waals surface area contributed by atoms with Crippen LogP contribution < -0.4 is 10.1 Å². The number of hydrogen-bond acceptors (Lipinski definition) is 3. The van der Waals surface area contributed by atoms with Gasteiger partial charge in [-0.15, -0.1) is 0 Å². The topological polar surface area (TPSA) is 38.3 Å². The Kier molecular flexibility index (Phi) is 4.40. The lowest BCUT2D eigenvalue weighted by atomic mass is 10.1. The van der Waals surface area contributed by atoms with Crippen LogP contribution in [0.2, 0.25) is 0 Å². The van der Waals surface area contributed by atoms with E-state index in [9.17, 15) is 4.79 Å². The van der Waals surface area contributed by atoms with E-state index >= 15 is 0 Å². The quantitative estimate of drug-likeness (QED) is 0.654. The van der Waals surface area contributed by atoms with Crippen LogP contribution in [0.1, 0.15) is 32.1 Å². The van der Waals surface area contributed by atoms with Gasteiger partial charge in [0.15, 0.2) is 5.78 Å². The second-order valence-corrected chi connectivity index (χ2v) is 4.53. The van der Waals surface area contributed by atoms with Crippen molar-refractivity contribution in [3.8, 4) is 5.75 Å². The Morgan fingerprint density at radius 2 is 1.83 bits per heavy atom. The van der Waals surface area contributed by atoms with E-state index in [2.05, 4.69) is 5.32 Å². The molecule has 0 atom stereocenters. The summed E-state index contributed by atoms with van der Waals surface area (Å²) in [7, 11) is 1.65. The molecule has 1 fully saturated rings. The molecule has 1 aromatic carbocycles. The van der Waals surface area contributed by atoms with Crippen molar-refractivity contribution in [3.63, 3.8) is 0 Å². The van der Waals surface area contributed by atoms with Gasteiger partial charge in [0.25, 0.3) is 0 Å². The molecular formula is C15H19NO2. The normalized spacial score (nSPS) is 18.5. The number of Topliss-reactive ketones (excluding diaryl/α,β-unsaturated/α-hetero) is 1. The summed E-state index contributed by atoms with van der Waals surface area (Å²) in [4.78, 5) is 11.8. The third kappa shape index (κ3) is 3.36. The van der Waals surface area contributed by atoms with E-state index < -0.39 is 0 Å². The summed E-state index contributed by atoms with van der Waals surface area (Å²) in [6.07, 6.45) is 6.74. The molecule has 3 nitrogen and oxygen atoms in total. The number of ether oxygens (including phenoxy) is 1. The van der Waals surface area contributed by atoms with Crippen LogP contribution >= 0.6 is 0 Å². The molecule has 1 aromatic rings. The highest BCUT2D eigenvalue weighted by atomic mass is 16.5. The standard InChI is InChI=1S/C15H19NO2/c1-18-14-9-7-13(8-10-14)16-11-12-5-3-2-4-6-15(12)17/h7-11,16H,2-6H2,1H3/b12-11+. The van der Waals surface area contributed by atoms with Gasteiger partial charge in [0.05, 0.1) is 7.11 Å². The van der Waals surface area contributed by atoms with Gasteiger partial charge in [0, 0.05) is 23.9 Å². The van der Waals surface area contributed by atoms with E-state index in [4.69, 9.17) is 4.74 Å². The molecule has 0 unspecified atom stereocenters. The van der Waals surface area contributed by atoms with Gasteiger partial charge < -0.3 is 10.1 Å². The summed E-state index contributed by atoms with van der Waals surface area (Å²) in [6.45, 7) is 0. The van der Waals surface area contributed by atoms with Gasteiger partial charge in [0.1, 0.15) is 5.75 Å². The second-order valence-electron chi connectivity index (χ2n) is 4.53. The average Bonchev–Trinajstić information content (AvgIpc) is 2.62. The minimum absolute atomic E-state index is 0.286. The van der Waals surface area contributed by atoms with Crippen molar-refractivity contribution in [2.75, 3.05) is 12.4 Å². The summed E-state index contributed by atoms with van der Waals surface area (Å²) < 4.78 is 5.10. The number of allylic oxidation sites excluding steroid dienone is 1. The van der Waals surface area contributed by atoms with Crippen molar-refractivity contribution < 1.29 is 9.53 Å². The van der Waals surface area contributed by atoms with Crippen LogP contribution in [0.4, 0.5) is 5.69 Å². The molecule has 1 aliphatic carbocycles. The van der Waals surface area contributed by atoms with Gasteiger partial charge in [0.2, 0.25) is 0 Å². The highest BCUT2D eigenvalue weighted by molar-refractivity contribution is 5.95. The molecule has 96 valence electrons. The number of benzene rings is 1. The van der Waals surface area contributed by atoms with Gasteiger partial charge in [-0.2, -0.15) is 0 Å². The fourth-order valence-electron chi connectivity index (χ4n) is 2.09. The first-order valence-corrected chi connectivity index (χ1v) is 6.42. The lowest BCUT2D eigenvalue weighted by Crippen LogP contribution is -2.02. The Bertz CT molecular complexity index is 434. The molecule has 0 bridgehead atoms. The maximum absolute atomic E-state index is 11.8. The van der Waals surface area contributed by atoms with E-state index in [0.717, 1.165) is 42.7 Å². The van der Waals surface area contributed by atoms with Crippen LogP contribution in [0.15, 0.2) is 36.0 Å². The molecule has 1 saturated carbocycles. The summed E-state index contributed by atoms with van der Waals surface area (Å²) in [5.41, 5.74) is 1.89. The number of carbonyl (C=O) groups is 1. The summed E-state index contributed by atoms with van der Waals surface area (Å²) >= 11 is 0. The van der Waals surface area contributed by atoms with E-state index in [0.29, 0.717) is 6.42 Å². The van der Waals surface area contributed by atoms with E-state index in [-0.39, 0.29) is 5.78 Å². The second kappa shape index (κ2) is 6.24. The number of methoxy groups -OCH3 is 1. The third-order valence-corrected chi connectivity index (χ3v) is 3.21. The molecule has 0 amide bonds. The minimum atomic E-state index is 0.286. The molecule has 0 radical (unpaired) electrons. The number of hydrogen-bond donors (Lipinski definition) is 1. The largest absolute Gasteiger partial charge is 0.497 e. The molecule has 0 saturated heterocycles. The van der Waals surface area contributed by atoms with Crippen LogP contribution in [0.25, 0.3) is 0 Å². The Balaban J connectivity index is 2.01. The van der Waals surface area contributed by atoms with Crippen molar-refractivity contribution >= 4 is 11.5 Å². The first kappa shape index (κ1) is 12.7. The zero-order chi connectivity index (χ0) is 12.8. The van der Waals surface area contributed by atoms with Crippen molar-refractivity contribution in [2.24, 2.45) is 0 Å². The van der Waals surface area contributed by atoms with Gasteiger partial charge in [-0.3, -0.25) is 4.79 Å². The fourth-order valence-corrected chi connectivity index (χ4v) is 2.09. The van der Waals surface area contributed by atoms with Crippen molar-refractivity contribution in [2.45, 2.75) is 32.1 Å². The Morgan fingerprint density at radius 1 is 1.11 bits per heavy atom. The maximum Gasteiger partial charge on any atom is 0.160 e. The van der Waals surface area contributed by atoms with Gasteiger partial charge >= 0.3 is 0 Å². The first-order chi connectivity index (χ1) is 8.79. The molecule has 0 aliphatic heterocycles. The lowest BCUT2D eigenvalue weighted by Gasteiger charge is -2.05. The predicted molar refractivity (Wildman–Crippen MR) is 72.8 cm³/mol. The fraction of sp³-hybridized carbons (Fsp3) is 0.400. The Hall–Kier alpha value is -1.77. The molecule has 1 N–H and O–H groups in total. The highest BCUT2D eigenvalue weighted by Crippen LogP contribution is 2.20. The van der Waals surface area contributed by atoms with Crippen molar-refractivity contribution in [3.05, 3.63) is 36.0 Å². The molecule has 2 rings (SSSR count). The summed E-state index contributed by atoms with van der Waals surface area (Å²) in [6, 6.07) is 7.68. The van der Waals surface area contributed by atoms with Crippen LogP contribution in [0.3, 0.4) is 0 Å². The van der Waals surface area contributed by atoms with Crippen LogP contribution in [-0.4, -0.2) is 12.9 Å². The van der Waals surface area contributed by atoms with Crippen LogP contribution in [-0.2, 0) is 4.79 Å². The number of anilines is 1. The molecular weight excluding hydrogens is 226 g/mol. The van der Waals surface area contributed by atoms with Crippen LogP contribution in [0, 0.1) is 0 Å². The summed E-state index contributed by atoms with van der Waals surface area (Å²) in [5.74, 6) is 1.12. The molecule has 1 aliphatic rings. The number of ketones is 1. The van der Waals surface area contributed by atoms with E-state index in [1.54, 1.807) is 7.11 Å². The number of nitrogens with one attached hydrogen (secondary N) is 1. The molecule has 3 heteroatoms. The zero-order valence-corrected chi connectivity index (χ0v) is 10.7. The van der Waals surface area contributed by atoms with Gasteiger partial charge in [-0.1, -0.05) is 6.42 Å². The van der Waals surface area contributed by atoms with Gasteiger partial charge in [-0.25, -0.2) is 0 Å². The molecule has 0 heterocycles. The number of rotatable bonds is 3. The average molecular weight is 245 g/mol. The van der Waals surface area contributed by atoms with Crippen molar-refractivity contribution in [1.29, 1.82) is 0 Å². The lowest BCUT2D eigenvalue weighted by molar-refractivity contribution is -0.115. The zero-order valence-electron chi connectivity index (χ0n) is 10.7. The Morgan fingerprint density at radius 3 is 2.56 bits per heavy atom. The predicted octanol–water partition coefficient (Wildman–Crippen LogP) is 3.52. The maximum atomic E-state index is 11.8. The SMILES string of the molecule is COc1ccc(N/C=C2\CCCCCC2=O)cc1.